The van der Waals surface area contributed by atoms with Gasteiger partial charge in [-0.3, -0.25) is 9.69 Å². The maximum atomic E-state index is 12.5. The van der Waals surface area contributed by atoms with Crippen molar-refractivity contribution in [2.24, 2.45) is 5.92 Å². The Morgan fingerprint density at radius 2 is 1.65 bits per heavy atom. The van der Waals surface area contributed by atoms with Crippen molar-refractivity contribution in [2.75, 3.05) is 18.1 Å². The molecule has 0 saturated heterocycles. The zero-order valence-corrected chi connectivity index (χ0v) is 14.5. The normalized spacial score (nSPS) is 11.9. The minimum Gasteiger partial charge on any atom is -0.466 e. The number of carbonyl (C=O) groups excluding carboxylic acids is 2. The van der Waals surface area contributed by atoms with E-state index in [1.54, 1.807) is 18.7 Å². The summed E-state index contributed by atoms with van der Waals surface area (Å²) in [5, 5.41) is 0. The van der Waals surface area contributed by atoms with Crippen molar-refractivity contribution in [2.45, 2.75) is 46.6 Å². The number of amides is 1. The van der Waals surface area contributed by atoms with Gasteiger partial charge in [0.15, 0.2) is 0 Å². The second-order valence-electron chi connectivity index (χ2n) is 5.70. The first-order valence-electron chi connectivity index (χ1n) is 8.16. The number of carbonyl (C=O) groups is 2. The largest absolute Gasteiger partial charge is 0.466 e. The molecule has 0 heterocycles. The summed E-state index contributed by atoms with van der Waals surface area (Å²) in [5.41, 5.74) is 0.723. The van der Waals surface area contributed by atoms with Gasteiger partial charge in [-0.15, -0.1) is 0 Å². The molecule has 128 valence electrons. The van der Waals surface area contributed by atoms with Gasteiger partial charge < -0.3 is 9.47 Å². The summed E-state index contributed by atoms with van der Waals surface area (Å²) in [5.74, 6) is 0.0263. The van der Waals surface area contributed by atoms with Crippen LogP contribution in [0.1, 0.15) is 40.5 Å². The van der Waals surface area contributed by atoms with Gasteiger partial charge >= 0.3 is 12.1 Å². The number of nitrogens with zero attached hydrogens (tertiary/aromatic N) is 1. The maximum Gasteiger partial charge on any atom is 0.414 e. The number of benzene rings is 1. The first-order valence-corrected chi connectivity index (χ1v) is 8.16. The van der Waals surface area contributed by atoms with Crippen molar-refractivity contribution in [1.82, 2.24) is 0 Å². The van der Waals surface area contributed by atoms with E-state index >= 15 is 0 Å². The molecule has 1 unspecified atom stereocenters. The van der Waals surface area contributed by atoms with Gasteiger partial charge in [0.25, 0.3) is 0 Å². The van der Waals surface area contributed by atoms with Crippen LogP contribution in [0.3, 0.4) is 0 Å². The van der Waals surface area contributed by atoms with Crippen LogP contribution >= 0.6 is 0 Å². The van der Waals surface area contributed by atoms with E-state index in [1.165, 1.54) is 0 Å². The Hall–Kier alpha value is -2.04. The van der Waals surface area contributed by atoms with Gasteiger partial charge in [-0.25, -0.2) is 4.79 Å². The van der Waals surface area contributed by atoms with Gasteiger partial charge in [-0.2, -0.15) is 0 Å². The Morgan fingerprint density at radius 1 is 1.04 bits per heavy atom. The van der Waals surface area contributed by atoms with E-state index < -0.39 is 6.09 Å². The monoisotopic (exact) mass is 321 g/mol. The van der Waals surface area contributed by atoms with Crippen molar-refractivity contribution >= 4 is 17.7 Å². The summed E-state index contributed by atoms with van der Waals surface area (Å²) in [7, 11) is 0. The molecule has 5 heteroatoms. The summed E-state index contributed by atoms with van der Waals surface area (Å²) < 4.78 is 10.3. The molecular formula is C18H27NO4. The third kappa shape index (κ3) is 6.30. The Kier molecular flexibility index (Phi) is 8.16. The van der Waals surface area contributed by atoms with Crippen LogP contribution in [0.15, 0.2) is 30.3 Å². The summed E-state index contributed by atoms with van der Waals surface area (Å²) in [6.45, 7) is 8.28. The Bertz CT molecular complexity index is 487. The van der Waals surface area contributed by atoms with Gasteiger partial charge in [0.05, 0.1) is 25.7 Å². The van der Waals surface area contributed by atoms with Crippen LogP contribution in [0.5, 0.6) is 0 Å². The molecular weight excluding hydrogens is 294 g/mol. The Balaban J connectivity index is 3.09. The molecule has 0 aliphatic rings. The smallest absolute Gasteiger partial charge is 0.414 e. The van der Waals surface area contributed by atoms with Crippen LogP contribution < -0.4 is 4.90 Å². The molecule has 23 heavy (non-hydrogen) atoms. The Morgan fingerprint density at radius 3 is 2.17 bits per heavy atom. The van der Waals surface area contributed by atoms with Crippen molar-refractivity contribution in [3.8, 4) is 0 Å². The zero-order valence-electron chi connectivity index (χ0n) is 14.5. The highest BCUT2D eigenvalue weighted by Crippen LogP contribution is 2.24. The molecule has 0 bridgehead atoms. The van der Waals surface area contributed by atoms with Gasteiger partial charge in [0, 0.05) is 5.69 Å². The number of ether oxygens (including phenoxy) is 2. The van der Waals surface area contributed by atoms with Gasteiger partial charge in [0.2, 0.25) is 0 Å². The summed E-state index contributed by atoms with van der Waals surface area (Å²) >= 11 is 0. The van der Waals surface area contributed by atoms with Crippen molar-refractivity contribution in [1.29, 1.82) is 0 Å². The highest BCUT2D eigenvalue weighted by atomic mass is 16.6. The fourth-order valence-corrected chi connectivity index (χ4v) is 2.48. The lowest BCUT2D eigenvalue weighted by atomic mass is 9.99. The standard InChI is InChI=1S/C18H27NO4/c1-5-22-17(20)13-16(12-14(3)4)19(18(21)23-6-2)15-10-8-7-9-11-15/h7-11,14,16H,5-6,12-13H2,1-4H3. The van der Waals surface area contributed by atoms with Gasteiger partial charge in [0.1, 0.15) is 0 Å². The SMILES string of the molecule is CCOC(=O)CC(CC(C)C)N(C(=O)OCC)c1ccccc1. The maximum absolute atomic E-state index is 12.5. The van der Waals surface area contributed by atoms with E-state index in [0.29, 0.717) is 18.9 Å². The number of anilines is 1. The molecule has 0 radical (unpaired) electrons. The predicted molar refractivity (Wildman–Crippen MR) is 90.4 cm³/mol. The van der Waals surface area contributed by atoms with Gasteiger partial charge in [-0.05, 0) is 38.3 Å². The molecule has 0 aliphatic heterocycles. The van der Waals surface area contributed by atoms with E-state index in [-0.39, 0.29) is 25.0 Å². The number of rotatable bonds is 8. The quantitative estimate of drug-likeness (QED) is 0.679. The van der Waals surface area contributed by atoms with E-state index in [2.05, 4.69) is 13.8 Å². The van der Waals surface area contributed by atoms with E-state index in [0.717, 1.165) is 5.69 Å². The average Bonchev–Trinajstić information content (AvgIpc) is 2.48. The molecule has 1 rings (SSSR count). The molecule has 5 nitrogen and oxygen atoms in total. The topological polar surface area (TPSA) is 55.8 Å². The molecule has 0 aliphatic carbocycles. The summed E-state index contributed by atoms with van der Waals surface area (Å²) in [4.78, 5) is 26.0. The van der Waals surface area contributed by atoms with Gasteiger partial charge in [-0.1, -0.05) is 32.0 Å². The second-order valence-corrected chi connectivity index (χ2v) is 5.70. The fraction of sp³-hybridized carbons (Fsp3) is 0.556. The third-order valence-electron chi connectivity index (χ3n) is 3.32. The molecule has 1 aromatic carbocycles. The summed E-state index contributed by atoms with van der Waals surface area (Å²) in [6.07, 6.45) is 0.403. The van der Waals surface area contributed by atoms with Crippen LogP contribution in [0.4, 0.5) is 10.5 Å². The minimum absolute atomic E-state index is 0.153. The van der Waals surface area contributed by atoms with Crippen LogP contribution in [0.2, 0.25) is 0 Å². The molecule has 1 amide bonds. The molecule has 0 fully saturated rings. The third-order valence-corrected chi connectivity index (χ3v) is 3.32. The van der Waals surface area contributed by atoms with E-state index in [1.807, 2.05) is 30.3 Å². The molecule has 0 saturated carbocycles. The molecule has 0 spiro atoms. The Labute approximate surface area is 138 Å². The first-order chi connectivity index (χ1) is 11.0. The van der Waals surface area contributed by atoms with Crippen LogP contribution in [-0.2, 0) is 14.3 Å². The highest BCUT2D eigenvalue weighted by molar-refractivity contribution is 5.89. The van der Waals surface area contributed by atoms with Crippen molar-refractivity contribution in [3.05, 3.63) is 30.3 Å². The van der Waals surface area contributed by atoms with Crippen molar-refractivity contribution < 1.29 is 19.1 Å². The molecule has 1 aromatic rings. The minimum atomic E-state index is -0.436. The molecule has 0 aromatic heterocycles. The van der Waals surface area contributed by atoms with E-state index in [9.17, 15) is 9.59 Å². The second kappa shape index (κ2) is 9.87. The summed E-state index contributed by atoms with van der Waals surface area (Å²) in [6, 6.07) is 8.99. The lowest BCUT2D eigenvalue weighted by Gasteiger charge is -2.31. The van der Waals surface area contributed by atoms with Crippen LogP contribution in [0, 0.1) is 5.92 Å². The highest BCUT2D eigenvalue weighted by Gasteiger charge is 2.29. The molecule has 1 atom stereocenters. The lowest BCUT2D eigenvalue weighted by Crippen LogP contribution is -2.43. The van der Waals surface area contributed by atoms with Crippen molar-refractivity contribution in [3.63, 3.8) is 0 Å². The van der Waals surface area contributed by atoms with Crippen LogP contribution in [0.25, 0.3) is 0 Å². The van der Waals surface area contributed by atoms with E-state index in [4.69, 9.17) is 9.47 Å². The van der Waals surface area contributed by atoms with Crippen LogP contribution in [-0.4, -0.2) is 31.3 Å². The number of hydrogen-bond acceptors (Lipinski definition) is 4. The predicted octanol–water partition coefficient (Wildman–Crippen LogP) is 4.02. The molecule has 0 N–H and O–H groups in total. The number of hydrogen-bond donors (Lipinski definition) is 0. The fourth-order valence-electron chi connectivity index (χ4n) is 2.48. The lowest BCUT2D eigenvalue weighted by molar-refractivity contribution is -0.143. The number of para-hydroxylation sites is 1. The first kappa shape index (κ1) is 19.0. The average molecular weight is 321 g/mol. The number of esters is 1. The zero-order chi connectivity index (χ0) is 17.2.